The lowest BCUT2D eigenvalue weighted by Gasteiger charge is -2.30. The highest BCUT2D eigenvalue weighted by Gasteiger charge is 2.19. The van der Waals surface area contributed by atoms with Gasteiger partial charge in [0.2, 0.25) is 0 Å². The third-order valence-electron chi connectivity index (χ3n) is 5.26. The molecule has 0 aromatic carbocycles. The zero-order valence-electron chi connectivity index (χ0n) is 18.3. The number of thiophene rings is 1. The van der Waals surface area contributed by atoms with Gasteiger partial charge in [-0.3, -0.25) is 9.89 Å². The number of nitrogens with zero attached hydrogens (tertiary/aromatic N) is 3. The Morgan fingerprint density at radius 1 is 1.15 bits per heavy atom. The van der Waals surface area contributed by atoms with Crippen LogP contribution in [0.1, 0.15) is 59.1 Å². The van der Waals surface area contributed by atoms with E-state index in [4.69, 9.17) is 0 Å². The van der Waals surface area contributed by atoms with Crippen LogP contribution in [0.4, 0.5) is 0 Å². The van der Waals surface area contributed by atoms with Crippen molar-refractivity contribution in [2.24, 2.45) is 4.99 Å². The van der Waals surface area contributed by atoms with E-state index in [0.717, 1.165) is 45.1 Å². The van der Waals surface area contributed by atoms with Crippen LogP contribution in [0.5, 0.6) is 0 Å². The van der Waals surface area contributed by atoms with Gasteiger partial charge in [-0.15, -0.1) is 0 Å². The molecule has 1 heterocycles. The van der Waals surface area contributed by atoms with Crippen LogP contribution < -0.4 is 10.6 Å². The van der Waals surface area contributed by atoms with Gasteiger partial charge in [-0.1, -0.05) is 27.7 Å². The minimum atomic E-state index is 0.378. The van der Waals surface area contributed by atoms with E-state index in [1.54, 1.807) is 11.3 Å². The van der Waals surface area contributed by atoms with E-state index < -0.39 is 0 Å². The second-order valence-electron chi connectivity index (χ2n) is 6.96. The highest BCUT2D eigenvalue weighted by molar-refractivity contribution is 7.07. The van der Waals surface area contributed by atoms with Crippen LogP contribution in [0, 0.1) is 0 Å². The third kappa shape index (κ3) is 8.62. The summed E-state index contributed by atoms with van der Waals surface area (Å²) in [5.41, 5.74) is 1.39. The summed E-state index contributed by atoms with van der Waals surface area (Å²) in [7, 11) is 1.86. The number of nitrogens with one attached hydrogen (secondary N) is 2. The summed E-state index contributed by atoms with van der Waals surface area (Å²) in [5.74, 6) is 0.901. The maximum atomic E-state index is 4.44. The van der Waals surface area contributed by atoms with Crippen LogP contribution in [0.2, 0.25) is 0 Å². The largest absolute Gasteiger partial charge is 0.354 e. The van der Waals surface area contributed by atoms with E-state index >= 15 is 0 Å². The molecule has 0 bridgehead atoms. The van der Waals surface area contributed by atoms with Crippen molar-refractivity contribution in [3.63, 3.8) is 0 Å². The Kier molecular flexibility index (Phi) is 12.4. The molecule has 2 atom stereocenters. The average Bonchev–Trinajstić information content (AvgIpc) is 3.21. The summed E-state index contributed by atoms with van der Waals surface area (Å²) in [6.07, 6.45) is 2.37. The molecule has 27 heavy (non-hydrogen) atoms. The van der Waals surface area contributed by atoms with Gasteiger partial charge in [-0.25, -0.2) is 0 Å². The maximum Gasteiger partial charge on any atom is 0.191 e. The first-order chi connectivity index (χ1) is 13.1. The summed E-state index contributed by atoms with van der Waals surface area (Å²) >= 11 is 1.77. The third-order valence-corrected chi connectivity index (χ3v) is 5.96. The lowest BCUT2D eigenvalue weighted by molar-refractivity contribution is 0.219. The van der Waals surface area contributed by atoms with Gasteiger partial charge in [-0.2, -0.15) is 11.3 Å². The molecular formula is C21H41N5S. The molecule has 0 aliphatic heterocycles. The molecule has 0 amide bonds. The Bertz CT molecular complexity index is 495. The molecule has 1 aromatic rings. The van der Waals surface area contributed by atoms with Gasteiger partial charge in [0.15, 0.2) is 5.96 Å². The normalized spacial score (nSPS) is 14.6. The molecule has 0 aliphatic rings. The van der Waals surface area contributed by atoms with Gasteiger partial charge in [0.05, 0.1) is 6.04 Å². The van der Waals surface area contributed by atoms with Gasteiger partial charge in [-0.05, 0) is 74.9 Å². The average molecular weight is 396 g/mol. The van der Waals surface area contributed by atoms with Crippen molar-refractivity contribution in [1.29, 1.82) is 0 Å². The standard InChI is InChI=1S/C21H41N5S/c1-7-25(8-2)14-11-12-18(5)24-21(22-6)23-16-20(26(9-3)10-4)19-13-15-27-17-19/h13,15,17-18,20H,7-12,14,16H2,1-6H3,(H2,22,23,24). The smallest absolute Gasteiger partial charge is 0.191 e. The number of guanidine groups is 1. The van der Waals surface area contributed by atoms with E-state index in [1.807, 2.05) is 7.05 Å². The zero-order chi connectivity index (χ0) is 20.1. The summed E-state index contributed by atoms with van der Waals surface area (Å²) in [6, 6.07) is 3.03. The molecule has 156 valence electrons. The number of likely N-dealkylation sites (N-methyl/N-ethyl adjacent to an activating group) is 1. The first kappa shape index (κ1) is 23.9. The quantitative estimate of drug-likeness (QED) is 0.394. The van der Waals surface area contributed by atoms with Gasteiger partial charge in [0, 0.05) is 19.6 Å². The van der Waals surface area contributed by atoms with Gasteiger partial charge >= 0.3 is 0 Å². The zero-order valence-corrected chi connectivity index (χ0v) is 19.1. The van der Waals surface area contributed by atoms with E-state index in [0.29, 0.717) is 12.1 Å². The van der Waals surface area contributed by atoms with Crippen molar-refractivity contribution < 1.29 is 0 Å². The van der Waals surface area contributed by atoms with Crippen LogP contribution in [-0.2, 0) is 0 Å². The van der Waals surface area contributed by atoms with Crippen LogP contribution in [0.3, 0.4) is 0 Å². The molecular weight excluding hydrogens is 354 g/mol. The second kappa shape index (κ2) is 14.0. The molecule has 5 nitrogen and oxygen atoms in total. The lowest BCUT2D eigenvalue weighted by atomic mass is 10.1. The molecule has 0 saturated carbocycles. The van der Waals surface area contributed by atoms with E-state index in [1.165, 1.54) is 18.5 Å². The fourth-order valence-corrected chi connectivity index (χ4v) is 4.15. The summed E-state index contributed by atoms with van der Waals surface area (Å²) in [4.78, 5) is 9.41. The van der Waals surface area contributed by atoms with E-state index in [-0.39, 0.29) is 0 Å². The predicted molar refractivity (Wildman–Crippen MR) is 121 cm³/mol. The lowest BCUT2D eigenvalue weighted by Crippen LogP contribution is -2.46. The first-order valence-corrected chi connectivity index (χ1v) is 11.5. The SMILES string of the molecule is CCN(CC)CCCC(C)NC(=NC)NCC(c1ccsc1)N(CC)CC. The number of hydrogen-bond acceptors (Lipinski definition) is 4. The van der Waals surface area contributed by atoms with Crippen molar-refractivity contribution in [2.45, 2.75) is 59.5 Å². The predicted octanol–water partition coefficient (Wildman–Crippen LogP) is 3.81. The highest BCUT2D eigenvalue weighted by atomic mass is 32.1. The molecule has 6 heteroatoms. The molecule has 0 radical (unpaired) electrons. The van der Waals surface area contributed by atoms with Crippen LogP contribution in [-0.4, -0.2) is 68.1 Å². The van der Waals surface area contributed by atoms with Crippen LogP contribution in [0.25, 0.3) is 0 Å². The van der Waals surface area contributed by atoms with Crippen molar-refractivity contribution in [2.75, 3.05) is 46.3 Å². The molecule has 0 aliphatic carbocycles. The summed E-state index contributed by atoms with van der Waals surface area (Å²) in [6.45, 7) is 17.6. The van der Waals surface area contributed by atoms with Gasteiger partial charge in [0.25, 0.3) is 0 Å². The highest BCUT2D eigenvalue weighted by Crippen LogP contribution is 2.22. The Labute approximate surface area is 171 Å². The van der Waals surface area contributed by atoms with Crippen molar-refractivity contribution >= 4 is 17.3 Å². The Morgan fingerprint density at radius 3 is 2.37 bits per heavy atom. The fraction of sp³-hybridized carbons (Fsp3) is 0.762. The monoisotopic (exact) mass is 395 g/mol. The Hall–Kier alpha value is -1.11. The minimum Gasteiger partial charge on any atom is -0.354 e. The molecule has 1 rings (SSSR count). The minimum absolute atomic E-state index is 0.378. The van der Waals surface area contributed by atoms with Crippen LogP contribution >= 0.6 is 11.3 Å². The van der Waals surface area contributed by atoms with Crippen molar-refractivity contribution in [3.8, 4) is 0 Å². The van der Waals surface area contributed by atoms with Gasteiger partial charge in [0.1, 0.15) is 0 Å². The number of aliphatic imine (C=N–C) groups is 1. The molecule has 1 aromatic heterocycles. The summed E-state index contributed by atoms with van der Waals surface area (Å²) < 4.78 is 0. The van der Waals surface area contributed by atoms with E-state index in [2.05, 4.69) is 76.9 Å². The van der Waals surface area contributed by atoms with Crippen molar-refractivity contribution in [1.82, 2.24) is 20.4 Å². The second-order valence-corrected chi connectivity index (χ2v) is 7.74. The molecule has 0 fully saturated rings. The molecule has 0 saturated heterocycles. The van der Waals surface area contributed by atoms with Crippen molar-refractivity contribution in [3.05, 3.63) is 22.4 Å². The Balaban J connectivity index is 2.51. The maximum absolute atomic E-state index is 4.44. The number of rotatable bonds is 13. The molecule has 2 unspecified atom stereocenters. The number of hydrogen-bond donors (Lipinski definition) is 2. The Morgan fingerprint density at radius 2 is 1.85 bits per heavy atom. The fourth-order valence-electron chi connectivity index (χ4n) is 3.44. The molecule has 2 N–H and O–H groups in total. The van der Waals surface area contributed by atoms with Crippen LogP contribution in [0.15, 0.2) is 21.8 Å². The van der Waals surface area contributed by atoms with Gasteiger partial charge < -0.3 is 15.5 Å². The van der Waals surface area contributed by atoms with E-state index in [9.17, 15) is 0 Å². The summed E-state index contributed by atoms with van der Waals surface area (Å²) in [5, 5.41) is 11.5. The topological polar surface area (TPSA) is 42.9 Å². The molecule has 0 spiro atoms. The first-order valence-electron chi connectivity index (χ1n) is 10.5.